The average Bonchev–Trinajstić information content (AvgIpc) is 3.15. The molecule has 0 N–H and O–H groups in total. The second-order valence-corrected chi connectivity index (χ2v) is 7.39. The van der Waals surface area contributed by atoms with Gasteiger partial charge in [0, 0.05) is 0 Å². The van der Waals surface area contributed by atoms with Gasteiger partial charge in [-0.25, -0.2) is 9.78 Å². The van der Waals surface area contributed by atoms with Gasteiger partial charge in [-0.15, -0.1) is 11.3 Å². The van der Waals surface area contributed by atoms with Crippen LogP contribution in [0.3, 0.4) is 0 Å². The number of carbonyl (C=O) groups is 1. The molecule has 0 aliphatic carbocycles. The molecule has 6 nitrogen and oxygen atoms in total. The van der Waals surface area contributed by atoms with Crippen LogP contribution in [-0.2, 0) is 16.1 Å². The molecule has 0 bridgehead atoms. The summed E-state index contributed by atoms with van der Waals surface area (Å²) in [6, 6.07) is 13.6. The minimum Gasteiger partial charge on any atom is -0.486 e. The smallest absolute Gasteiger partial charge is 0.415 e. The number of hydrogen-bond acceptors (Lipinski definition) is 6. The lowest BCUT2D eigenvalue weighted by molar-refractivity contribution is 0.138. The van der Waals surface area contributed by atoms with Crippen LogP contribution in [0.2, 0.25) is 0 Å². The van der Waals surface area contributed by atoms with E-state index in [1.54, 1.807) is 11.3 Å². The van der Waals surface area contributed by atoms with Crippen LogP contribution < -0.4 is 9.64 Å². The molecular formula is C22H24N2O4S. The van der Waals surface area contributed by atoms with Crippen molar-refractivity contribution in [2.24, 2.45) is 0 Å². The number of aryl methyl sites for hydroxylation is 1. The van der Waals surface area contributed by atoms with Crippen molar-refractivity contribution in [3.05, 3.63) is 65.2 Å². The number of allylic oxidation sites excluding steroid dienone is 1. The highest BCUT2D eigenvalue weighted by Gasteiger charge is 2.18. The Bertz CT molecular complexity index is 966. The van der Waals surface area contributed by atoms with Crippen molar-refractivity contribution in [1.82, 2.24) is 4.98 Å². The Kier molecular flexibility index (Phi) is 7.21. The van der Waals surface area contributed by atoms with Crippen LogP contribution in [0.15, 0.2) is 54.6 Å². The third-order valence-corrected chi connectivity index (χ3v) is 5.23. The van der Waals surface area contributed by atoms with Gasteiger partial charge in [-0.2, -0.15) is 0 Å². The van der Waals surface area contributed by atoms with Crippen LogP contribution in [0, 0.1) is 6.92 Å². The van der Waals surface area contributed by atoms with Crippen molar-refractivity contribution in [1.29, 1.82) is 0 Å². The Morgan fingerprint density at radius 1 is 1.24 bits per heavy atom. The van der Waals surface area contributed by atoms with Crippen LogP contribution in [0.4, 0.5) is 10.5 Å². The van der Waals surface area contributed by atoms with Crippen LogP contribution in [0.5, 0.6) is 5.75 Å². The summed E-state index contributed by atoms with van der Waals surface area (Å²) >= 11 is 1.62. The summed E-state index contributed by atoms with van der Waals surface area (Å²) in [6.45, 7) is 4.75. The number of aromatic nitrogens is 1. The van der Waals surface area contributed by atoms with Gasteiger partial charge in [0.05, 0.1) is 29.6 Å². The normalized spacial score (nSPS) is 11.1. The predicted molar refractivity (Wildman–Crippen MR) is 116 cm³/mol. The van der Waals surface area contributed by atoms with E-state index in [4.69, 9.17) is 14.2 Å². The van der Waals surface area contributed by atoms with E-state index in [0.717, 1.165) is 20.8 Å². The molecule has 0 spiro atoms. The lowest BCUT2D eigenvalue weighted by Gasteiger charge is -2.23. The van der Waals surface area contributed by atoms with Gasteiger partial charge in [-0.05, 0) is 49.7 Å². The molecule has 0 aliphatic heterocycles. The summed E-state index contributed by atoms with van der Waals surface area (Å²) in [5, 5.41) is 0.918. The monoisotopic (exact) mass is 412 g/mol. The first kappa shape index (κ1) is 20.8. The summed E-state index contributed by atoms with van der Waals surface area (Å²) in [5.74, 6) is 0.713. The Morgan fingerprint density at radius 3 is 2.79 bits per heavy atom. The largest absolute Gasteiger partial charge is 0.486 e. The highest BCUT2D eigenvalue weighted by molar-refractivity contribution is 7.18. The van der Waals surface area contributed by atoms with Crippen molar-refractivity contribution >= 4 is 33.3 Å². The fraction of sp³-hybridized carbons (Fsp3) is 0.273. The number of benzene rings is 2. The van der Waals surface area contributed by atoms with Crippen molar-refractivity contribution in [2.75, 3.05) is 25.3 Å². The lowest BCUT2D eigenvalue weighted by Crippen LogP contribution is -2.33. The first-order valence-corrected chi connectivity index (χ1v) is 10.1. The first-order valence-electron chi connectivity index (χ1n) is 9.24. The molecule has 0 radical (unpaired) electrons. The molecule has 1 aromatic heterocycles. The minimum absolute atomic E-state index is 0.101. The third-order valence-electron chi connectivity index (χ3n) is 4.22. The zero-order valence-corrected chi connectivity index (χ0v) is 17.6. The molecule has 3 rings (SSSR count). The third kappa shape index (κ3) is 5.34. The molecule has 0 atom stereocenters. The number of methoxy groups -OCH3 is 1. The first-order chi connectivity index (χ1) is 14.1. The fourth-order valence-electron chi connectivity index (χ4n) is 2.79. The van der Waals surface area contributed by atoms with E-state index in [9.17, 15) is 4.79 Å². The average molecular weight is 413 g/mol. The molecule has 3 aromatic rings. The van der Waals surface area contributed by atoms with Gasteiger partial charge in [0.2, 0.25) is 0 Å². The number of rotatable bonds is 8. The molecule has 1 amide bonds. The van der Waals surface area contributed by atoms with E-state index in [2.05, 4.69) is 11.1 Å². The molecule has 2 aromatic carbocycles. The topological polar surface area (TPSA) is 60.9 Å². The van der Waals surface area contributed by atoms with Crippen molar-refractivity contribution in [3.8, 4) is 5.75 Å². The van der Waals surface area contributed by atoms with E-state index >= 15 is 0 Å². The SMILES string of the molecule is C/C=C/COCN(C(=O)OC)c1ccc(OCc2nc3ccccc3s2)cc1C. The number of para-hydroxylation sites is 1. The maximum atomic E-state index is 12.2. The van der Waals surface area contributed by atoms with Crippen molar-refractivity contribution < 1.29 is 19.0 Å². The zero-order valence-electron chi connectivity index (χ0n) is 16.8. The van der Waals surface area contributed by atoms with Gasteiger partial charge in [0.25, 0.3) is 0 Å². The van der Waals surface area contributed by atoms with Gasteiger partial charge in [0.15, 0.2) is 0 Å². The number of amides is 1. The van der Waals surface area contributed by atoms with Gasteiger partial charge in [-0.1, -0.05) is 24.3 Å². The van der Waals surface area contributed by atoms with E-state index in [-0.39, 0.29) is 6.73 Å². The molecular weight excluding hydrogens is 388 g/mol. The number of carbonyl (C=O) groups excluding carboxylic acids is 1. The van der Waals surface area contributed by atoms with Gasteiger partial charge >= 0.3 is 6.09 Å². The standard InChI is InChI=1S/C22H24N2O4S/c1-4-5-12-27-15-24(22(25)26-3)19-11-10-17(13-16(19)2)28-14-21-23-18-8-6-7-9-20(18)29-21/h4-11,13H,12,14-15H2,1-3H3/b5-4+. The molecule has 29 heavy (non-hydrogen) atoms. The molecule has 0 fully saturated rings. The Labute approximate surface area is 174 Å². The Hall–Kier alpha value is -2.90. The highest BCUT2D eigenvalue weighted by Crippen LogP contribution is 2.27. The molecule has 152 valence electrons. The number of anilines is 1. The summed E-state index contributed by atoms with van der Waals surface area (Å²) in [7, 11) is 1.35. The number of hydrogen-bond donors (Lipinski definition) is 0. The Balaban J connectivity index is 1.69. The second kappa shape index (κ2) is 10.0. The quantitative estimate of drug-likeness (QED) is 0.285. The summed E-state index contributed by atoms with van der Waals surface area (Å²) in [4.78, 5) is 18.2. The number of nitrogens with zero attached hydrogens (tertiary/aromatic N) is 2. The molecule has 0 saturated carbocycles. The molecule has 0 unspecified atom stereocenters. The van der Waals surface area contributed by atoms with E-state index in [0.29, 0.717) is 24.7 Å². The van der Waals surface area contributed by atoms with Crippen molar-refractivity contribution in [2.45, 2.75) is 20.5 Å². The van der Waals surface area contributed by atoms with Crippen LogP contribution in [-0.4, -0.2) is 31.5 Å². The maximum absolute atomic E-state index is 12.2. The van der Waals surface area contributed by atoms with Crippen LogP contribution in [0.25, 0.3) is 10.2 Å². The number of ether oxygens (including phenoxy) is 3. The number of thiazole rings is 1. The van der Waals surface area contributed by atoms with E-state index in [1.807, 2.05) is 62.4 Å². The second-order valence-electron chi connectivity index (χ2n) is 6.28. The van der Waals surface area contributed by atoms with E-state index in [1.165, 1.54) is 12.0 Å². The molecule has 7 heteroatoms. The lowest BCUT2D eigenvalue weighted by atomic mass is 10.2. The summed E-state index contributed by atoms with van der Waals surface area (Å²) < 4.78 is 17.5. The molecule has 1 heterocycles. The Morgan fingerprint density at radius 2 is 2.07 bits per heavy atom. The van der Waals surface area contributed by atoms with Gasteiger partial charge in [0.1, 0.15) is 24.1 Å². The summed E-state index contributed by atoms with van der Waals surface area (Å²) in [6.07, 6.45) is 3.30. The number of fused-ring (bicyclic) bond motifs is 1. The van der Waals surface area contributed by atoms with Gasteiger partial charge in [-0.3, -0.25) is 4.90 Å². The fourth-order valence-corrected chi connectivity index (χ4v) is 3.67. The van der Waals surface area contributed by atoms with Crippen molar-refractivity contribution in [3.63, 3.8) is 0 Å². The van der Waals surface area contributed by atoms with E-state index < -0.39 is 6.09 Å². The van der Waals surface area contributed by atoms with Crippen LogP contribution in [0.1, 0.15) is 17.5 Å². The maximum Gasteiger partial charge on any atom is 0.415 e. The molecule has 0 aliphatic rings. The minimum atomic E-state index is -0.475. The van der Waals surface area contributed by atoms with Gasteiger partial charge < -0.3 is 14.2 Å². The highest BCUT2D eigenvalue weighted by atomic mass is 32.1. The molecule has 0 saturated heterocycles. The summed E-state index contributed by atoms with van der Waals surface area (Å²) in [5.41, 5.74) is 2.57. The zero-order chi connectivity index (χ0) is 20.6. The predicted octanol–water partition coefficient (Wildman–Crippen LogP) is 5.31. The van der Waals surface area contributed by atoms with Crippen LogP contribution >= 0.6 is 11.3 Å².